The molecular formula is C23H18FNO3. The number of ether oxygens (including phenoxy) is 1. The molecule has 5 heteroatoms. The molecule has 0 atom stereocenters. The molecule has 0 aliphatic carbocycles. The summed E-state index contributed by atoms with van der Waals surface area (Å²) in [7, 11) is 0. The maximum atomic E-state index is 12.9. The van der Waals surface area contributed by atoms with Crippen LogP contribution in [0.4, 0.5) is 10.1 Å². The molecule has 0 spiro atoms. The second-order valence-electron chi connectivity index (χ2n) is 6.15. The van der Waals surface area contributed by atoms with E-state index in [2.05, 4.69) is 5.32 Å². The first kappa shape index (κ1) is 19.0. The van der Waals surface area contributed by atoms with Crippen molar-refractivity contribution in [1.82, 2.24) is 0 Å². The second kappa shape index (κ2) is 8.77. The highest BCUT2D eigenvalue weighted by Crippen LogP contribution is 2.15. The van der Waals surface area contributed by atoms with Crippen LogP contribution in [0.2, 0.25) is 0 Å². The van der Waals surface area contributed by atoms with E-state index in [1.54, 1.807) is 36.4 Å². The van der Waals surface area contributed by atoms with Crippen molar-refractivity contribution in [3.63, 3.8) is 0 Å². The fourth-order valence-corrected chi connectivity index (χ4v) is 2.40. The molecule has 0 saturated carbocycles. The largest absolute Gasteiger partial charge is 0.423 e. The quantitative estimate of drug-likeness (QED) is 0.388. The Kier molecular flexibility index (Phi) is 5.97. The molecule has 0 saturated heterocycles. The number of hydrogen-bond acceptors (Lipinski definition) is 3. The van der Waals surface area contributed by atoms with Gasteiger partial charge in [0.25, 0.3) is 5.91 Å². The van der Waals surface area contributed by atoms with Gasteiger partial charge in [-0.05, 0) is 67.1 Å². The van der Waals surface area contributed by atoms with Crippen molar-refractivity contribution in [3.05, 3.63) is 101 Å². The van der Waals surface area contributed by atoms with Crippen molar-refractivity contribution < 1.29 is 18.7 Å². The molecule has 3 aromatic carbocycles. The Morgan fingerprint density at radius 2 is 1.54 bits per heavy atom. The first-order valence-electron chi connectivity index (χ1n) is 8.63. The number of rotatable bonds is 5. The van der Waals surface area contributed by atoms with E-state index in [9.17, 15) is 14.0 Å². The van der Waals surface area contributed by atoms with Crippen molar-refractivity contribution in [2.24, 2.45) is 0 Å². The van der Waals surface area contributed by atoms with Crippen LogP contribution in [-0.2, 0) is 4.79 Å². The number of carbonyl (C=O) groups is 2. The van der Waals surface area contributed by atoms with E-state index in [1.165, 1.54) is 24.3 Å². The number of halogens is 1. The molecule has 0 aliphatic rings. The lowest BCUT2D eigenvalue weighted by molar-refractivity contribution is -0.128. The third-order valence-corrected chi connectivity index (χ3v) is 3.93. The van der Waals surface area contributed by atoms with Crippen molar-refractivity contribution in [2.45, 2.75) is 6.92 Å². The lowest BCUT2D eigenvalue weighted by atomic mass is 10.2. The van der Waals surface area contributed by atoms with Crippen LogP contribution in [0.15, 0.2) is 78.9 Å². The number of anilines is 1. The van der Waals surface area contributed by atoms with Crippen LogP contribution < -0.4 is 10.1 Å². The van der Waals surface area contributed by atoms with Crippen LogP contribution in [0.25, 0.3) is 6.08 Å². The van der Waals surface area contributed by atoms with Gasteiger partial charge in [0.1, 0.15) is 11.6 Å². The highest BCUT2D eigenvalue weighted by molar-refractivity contribution is 6.04. The fourth-order valence-electron chi connectivity index (χ4n) is 2.40. The van der Waals surface area contributed by atoms with Gasteiger partial charge in [-0.25, -0.2) is 9.18 Å². The van der Waals surface area contributed by atoms with Crippen molar-refractivity contribution in [2.75, 3.05) is 5.32 Å². The third kappa shape index (κ3) is 5.38. The van der Waals surface area contributed by atoms with Gasteiger partial charge in [-0.2, -0.15) is 0 Å². The Morgan fingerprint density at radius 3 is 2.18 bits per heavy atom. The van der Waals surface area contributed by atoms with Crippen LogP contribution in [0, 0.1) is 12.7 Å². The van der Waals surface area contributed by atoms with Gasteiger partial charge >= 0.3 is 5.97 Å². The van der Waals surface area contributed by atoms with Gasteiger partial charge in [0.15, 0.2) is 0 Å². The summed E-state index contributed by atoms with van der Waals surface area (Å²) in [6.07, 6.45) is 2.79. The maximum Gasteiger partial charge on any atom is 0.336 e. The molecule has 1 amide bonds. The zero-order valence-corrected chi connectivity index (χ0v) is 15.2. The lowest BCUT2D eigenvalue weighted by Crippen LogP contribution is -2.12. The molecule has 1 N–H and O–H groups in total. The monoisotopic (exact) mass is 375 g/mol. The Morgan fingerprint density at radius 1 is 0.893 bits per heavy atom. The van der Waals surface area contributed by atoms with E-state index < -0.39 is 5.97 Å². The maximum absolute atomic E-state index is 12.9. The van der Waals surface area contributed by atoms with Gasteiger partial charge in [-0.3, -0.25) is 4.79 Å². The van der Waals surface area contributed by atoms with E-state index in [0.717, 1.165) is 5.56 Å². The van der Waals surface area contributed by atoms with Crippen molar-refractivity contribution in [1.29, 1.82) is 0 Å². The normalized spacial score (nSPS) is 10.6. The average Bonchev–Trinajstić information content (AvgIpc) is 2.70. The molecule has 140 valence electrons. The SMILES string of the molecule is Cc1ccc(NC(=O)c2ccc(OC(=O)C=Cc3ccc(F)cc3)cc2)cc1. The minimum atomic E-state index is -0.568. The van der Waals surface area contributed by atoms with Gasteiger partial charge in [-0.15, -0.1) is 0 Å². The zero-order chi connectivity index (χ0) is 19.9. The molecule has 0 aromatic heterocycles. The smallest absolute Gasteiger partial charge is 0.336 e. The number of nitrogens with one attached hydrogen (secondary N) is 1. The van der Waals surface area contributed by atoms with E-state index in [-0.39, 0.29) is 11.7 Å². The average molecular weight is 375 g/mol. The molecule has 0 radical (unpaired) electrons. The van der Waals surface area contributed by atoms with E-state index in [4.69, 9.17) is 4.74 Å². The number of carbonyl (C=O) groups excluding carboxylic acids is 2. The third-order valence-electron chi connectivity index (χ3n) is 3.93. The molecule has 3 rings (SSSR count). The van der Waals surface area contributed by atoms with Gasteiger partial charge in [0.2, 0.25) is 0 Å². The number of amides is 1. The lowest BCUT2D eigenvalue weighted by Gasteiger charge is -2.06. The first-order chi connectivity index (χ1) is 13.5. The van der Waals surface area contributed by atoms with Crippen LogP contribution >= 0.6 is 0 Å². The number of esters is 1. The molecule has 0 aliphatic heterocycles. The molecule has 0 heterocycles. The molecule has 0 bridgehead atoms. The van der Waals surface area contributed by atoms with Gasteiger partial charge in [0.05, 0.1) is 0 Å². The van der Waals surface area contributed by atoms with E-state index in [1.807, 2.05) is 31.2 Å². The van der Waals surface area contributed by atoms with Crippen molar-refractivity contribution >= 4 is 23.6 Å². The highest BCUT2D eigenvalue weighted by atomic mass is 19.1. The van der Waals surface area contributed by atoms with Crippen LogP contribution in [0.5, 0.6) is 5.75 Å². The molecule has 28 heavy (non-hydrogen) atoms. The molecule has 4 nitrogen and oxygen atoms in total. The minimum absolute atomic E-state index is 0.252. The molecular weight excluding hydrogens is 357 g/mol. The van der Waals surface area contributed by atoms with Crippen LogP contribution in [0.1, 0.15) is 21.5 Å². The minimum Gasteiger partial charge on any atom is -0.423 e. The Labute approximate surface area is 162 Å². The summed E-state index contributed by atoms with van der Waals surface area (Å²) in [6, 6.07) is 19.5. The predicted octanol–water partition coefficient (Wildman–Crippen LogP) is 5.01. The standard InChI is InChI=1S/C23H18FNO3/c1-16-2-11-20(12-3-16)25-23(27)18-7-13-21(14-8-18)28-22(26)15-6-17-4-9-19(24)10-5-17/h2-15H,1H3,(H,25,27). The summed E-state index contributed by atoms with van der Waals surface area (Å²) in [4.78, 5) is 24.1. The van der Waals surface area contributed by atoms with Crippen molar-refractivity contribution in [3.8, 4) is 5.75 Å². The summed E-state index contributed by atoms with van der Waals surface area (Å²) in [5.41, 5.74) is 2.94. The van der Waals surface area contributed by atoms with Gasteiger partial charge in [0, 0.05) is 17.3 Å². The summed E-state index contributed by atoms with van der Waals surface area (Å²) in [6.45, 7) is 1.97. The number of hydrogen-bond donors (Lipinski definition) is 1. The fraction of sp³-hybridized carbons (Fsp3) is 0.0435. The van der Waals surface area contributed by atoms with Gasteiger partial charge in [-0.1, -0.05) is 29.8 Å². The Bertz CT molecular complexity index is 992. The Balaban J connectivity index is 1.57. The molecule has 0 unspecified atom stereocenters. The first-order valence-corrected chi connectivity index (χ1v) is 8.63. The molecule has 0 fully saturated rings. The van der Waals surface area contributed by atoms with Crippen LogP contribution in [0.3, 0.4) is 0 Å². The Hall–Kier alpha value is -3.73. The second-order valence-corrected chi connectivity index (χ2v) is 6.15. The van der Waals surface area contributed by atoms with Crippen LogP contribution in [-0.4, -0.2) is 11.9 Å². The summed E-state index contributed by atoms with van der Waals surface area (Å²) in [5.74, 6) is -0.842. The summed E-state index contributed by atoms with van der Waals surface area (Å²) in [5, 5.41) is 2.80. The topological polar surface area (TPSA) is 55.4 Å². The summed E-state index contributed by atoms with van der Waals surface area (Å²) >= 11 is 0. The summed E-state index contributed by atoms with van der Waals surface area (Å²) < 4.78 is 18.1. The number of benzene rings is 3. The molecule has 3 aromatic rings. The highest BCUT2D eigenvalue weighted by Gasteiger charge is 2.07. The predicted molar refractivity (Wildman–Crippen MR) is 107 cm³/mol. The van der Waals surface area contributed by atoms with E-state index >= 15 is 0 Å². The van der Waals surface area contributed by atoms with Gasteiger partial charge < -0.3 is 10.1 Å². The van der Waals surface area contributed by atoms with E-state index in [0.29, 0.717) is 22.6 Å². The number of aryl methyl sites for hydroxylation is 1. The zero-order valence-electron chi connectivity index (χ0n) is 15.2.